The Hall–Kier alpha value is -3.48. The molecule has 0 radical (unpaired) electrons. The van der Waals surface area contributed by atoms with E-state index in [1.807, 2.05) is 73.3 Å². The number of carbonyl (C=O) groups excluding carboxylic acids is 1. The molecular weight excluding hydrogens is 388 g/mol. The average molecular weight is 415 g/mol. The van der Waals surface area contributed by atoms with E-state index in [-0.39, 0.29) is 17.9 Å². The quantitative estimate of drug-likeness (QED) is 0.512. The van der Waals surface area contributed by atoms with Crippen LogP contribution in [0, 0.1) is 5.92 Å². The molecule has 2 aromatic heterocycles. The zero-order valence-corrected chi connectivity index (χ0v) is 18.1. The molecule has 1 saturated heterocycles. The van der Waals surface area contributed by atoms with Crippen LogP contribution in [0.15, 0.2) is 54.6 Å². The molecule has 1 aliphatic rings. The summed E-state index contributed by atoms with van der Waals surface area (Å²) in [6, 6.07) is 18.2. The van der Waals surface area contributed by atoms with E-state index in [1.165, 1.54) is 0 Å². The van der Waals surface area contributed by atoms with Crippen LogP contribution >= 0.6 is 0 Å². The van der Waals surface area contributed by atoms with Gasteiger partial charge >= 0.3 is 0 Å². The molecule has 0 aliphatic carbocycles. The van der Waals surface area contributed by atoms with Crippen molar-refractivity contribution in [1.29, 1.82) is 0 Å². The van der Waals surface area contributed by atoms with Crippen LogP contribution < -0.4 is 4.90 Å². The van der Waals surface area contributed by atoms with E-state index in [1.54, 1.807) is 0 Å². The molecule has 0 N–H and O–H groups in total. The van der Waals surface area contributed by atoms with E-state index < -0.39 is 0 Å². The minimum atomic E-state index is 0.00188. The van der Waals surface area contributed by atoms with Crippen molar-refractivity contribution in [1.82, 2.24) is 24.5 Å². The summed E-state index contributed by atoms with van der Waals surface area (Å²) in [4.78, 5) is 21.9. The number of nitrogens with zero attached hydrogens (tertiary/aromatic N) is 6. The number of fused-ring (bicyclic) bond motifs is 3. The molecule has 1 fully saturated rings. The van der Waals surface area contributed by atoms with Gasteiger partial charge in [0.25, 0.3) is 0 Å². The lowest BCUT2D eigenvalue weighted by Gasteiger charge is -2.41. The summed E-state index contributed by atoms with van der Waals surface area (Å²) >= 11 is 0. The highest BCUT2D eigenvalue weighted by Gasteiger charge is 2.31. The first-order valence-corrected chi connectivity index (χ1v) is 10.8. The molecule has 1 amide bonds. The van der Waals surface area contributed by atoms with E-state index in [2.05, 4.69) is 26.4 Å². The second-order valence-electron chi connectivity index (χ2n) is 8.46. The highest BCUT2D eigenvalue weighted by Crippen LogP contribution is 2.29. The monoisotopic (exact) mass is 414 g/mol. The van der Waals surface area contributed by atoms with Gasteiger partial charge < -0.3 is 9.80 Å². The number of aromatic nitrogens is 4. The van der Waals surface area contributed by atoms with Crippen molar-refractivity contribution in [2.24, 2.45) is 5.92 Å². The van der Waals surface area contributed by atoms with Gasteiger partial charge in [-0.25, -0.2) is 9.38 Å². The van der Waals surface area contributed by atoms with E-state index >= 15 is 0 Å². The molecule has 0 unspecified atom stereocenters. The van der Waals surface area contributed by atoms with Gasteiger partial charge in [0.05, 0.1) is 5.52 Å². The van der Waals surface area contributed by atoms with Gasteiger partial charge in [0.15, 0.2) is 11.5 Å². The molecule has 4 aromatic rings. The summed E-state index contributed by atoms with van der Waals surface area (Å²) in [5.74, 6) is 1.80. The Bertz CT molecular complexity index is 1250. The Kier molecular flexibility index (Phi) is 4.81. The molecule has 158 valence electrons. The number of rotatable bonds is 3. The van der Waals surface area contributed by atoms with Crippen LogP contribution in [0.3, 0.4) is 0 Å². The number of benzene rings is 2. The third-order valence-corrected chi connectivity index (χ3v) is 5.95. The van der Waals surface area contributed by atoms with Gasteiger partial charge in [0.1, 0.15) is 0 Å². The molecule has 7 nitrogen and oxygen atoms in total. The number of piperazine rings is 1. The van der Waals surface area contributed by atoms with E-state index in [0.717, 1.165) is 40.4 Å². The summed E-state index contributed by atoms with van der Waals surface area (Å²) in [5.41, 5.74) is 2.69. The van der Waals surface area contributed by atoms with Crippen LogP contribution in [0.2, 0.25) is 0 Å². The first kappa shape index (κ1) is 19.5. The molecule has 7 heteroatoms. The van der Waals surface area contributed by atoms with Gasteiger partial charge in [-0.15, -0.1) is 10.2 Å². The van der Waals surface area contributed by atoms with Crippen LogP contribution in [-0.4, -0.2) is 56.1 Å². The number of anilines is 1. The Morgan fingerprint density at radius 3 is 2.48 bits per heavy atom. The molecule has 2 aromatic carbocycles. The zero-order chi connectivity index (χ0) is 21.5. The third-order valence-electron chi connectivity index (χ3n) is 5.95. The first-order chi connectivity index (χ1) is 15.0. The molecular formula is C24H26N6O. The Morgan fingerprint density at radius 2 is 1.74 bits per heavy atom. The molecule has 0 spiro atoms. The maximum absolute atomic E-state index is 12.6. The van der Waals surface area contributed by atoms with E-state index in [0.29, 0.717) is 13.1 Å². The molecule has 1 atom stereocenters. The van der Waals surface area contributed by atoms with Crippen LogP contribution in [-0.2, 0) is 4.79 Å². The van der Waals surface area contributed by atoms with Crippen molar-refractivity contribution in [3.8, 4) is 11.4 Å². The number of amides is 1. The van der Waals surface area contributed by atoms with Crippen molar-refractivity contribution in [3.63, 3.8) is 0 Å². The van der Waals surface area contributed by atoms with Crippen molar-refractivity contribution < 1.29 is 4.79 Å². The number of hydrogen-bond acceptors (Lipinski definition) is 5. The largest absolute Gasteiger partial charge is 0.338 e. The lowest BCUT2D eigenvalue weighted by atomic mass is 10.1. The average Bonchev–Trinajstić information content (AvgIpc) is 3.24. The fourth-order valence-electron chi connectivity index (χ4n) is 4.35. The van der Waals surface area contributed by atoms with Crippen LogP contribution in [0.25, 0.3) is 27.9 Å². The summed E-state index contributed by atoms with van der Waals surface area (Å²) in [6.45, 7) is 8.13. The van der Waals surface area contributed by atoms with Crippen molar-refractivity contribution in [2.45, 2.75) is 26.8 Å². The highest BCUT2D eigenvalue weighted by molar-refractivity contribution is 5.93. The minimum absolute atomic E-state index is 0.00188. The van der Waals surface area contributed by atoms with Crippen LogP contribution in [0.5, 0.6) is 0 Å². The fraction of sp³-hybridized carbons (Fsp3) is 0.333. The van der Waals surface area contributed by atoms with E-state index in [4.69, 9.17) is 4.98 Å². The minimum Gasteiger partial charge on any atom is -0.338 e. The molecule has 31 heavy (non-hydrogen) atoms. The normalized spacial score (nSPS) is 17.1. The van der Waals surface area contributed by atoms with Gasteiger partial charge in [-0.1, -0.05) is 56.3 Å². The SMILES string of the molecule is CC(C)C(=O)N1CCN(c2nc3ccccc3c3nnc(-c4ccccc4)n23)C[C@@H]1C. The summed E-state index contributed by atoms with van der Waals surface area (Å²) < 4.78 is 2.06. The fourth-order valence-corrected chi connectivity index (χ4v) is 4.35. The first-order valence-electron chi connectivity index (χ1n) is 10.8. The van der Waals surface area contributed by atoms with Crippen molar-refractivity contribution >= 4 is 28.4 Å². The van der Waals surface area contributed by atoms with Crippen LogP contribution in [0.1, 0.15) is 20.8 Å². The lowest BCUT2D eigenvalue weighted by Crippen LogP contribution is -2.55. The predicted octanol–water partition coefficient (Wildman–Crippen LogP) is 3.64. The maximum Gasteiger partial charge on any atom is 0.225 e. The van der Waals surface area contributed by atoms with Gasteiger partial charge in [0.2, 0.25) is 11.9 Å². The maximum atomic E-state index is 12.6. The smallest absolute Gasteiger partial charge is 0.225 e. The highest BCUT2D eigenvalue weighted by atomic mass is 16.2. The molecule has 1 aliphatic heterocycles. The number of hydrogen-bond donors (Lipinski definition) is 0. The predicted molar refractivity (Wildman–Crippen MR) is 122 cm³/mol. The Morgan fingerprint density at radius 1 is 1.00 bits per heavy atom. The second kappa shape index (κ2) is 7.65. The van der Waals surface area contributed by atoms with Crippen LogP contribution in [0.4, 0.5) is 5.95 Å². The topological polar surface area (TPSA) is 66.6 Å². The van der Waals surface area contributed by atoms with Gasteiger partial charge in [0, 0.05) is 42.5 Å². The van der Waals surface area contributed by atoms with Gasteiger partial charge in [-0.3, -0.25) is 4.79 Å². The van der Waals surface area contributed by atoms with E-state index in [9.17, 15) is 4.79 Å². The second-order valence-corrected chi connectivity index (χ2v) is 8.46. The third kappa shape index (κ3) is 3.30. The van der Waals surface area contributed by atoms with Gasteiger partial charge in [-0.2, -0.15) is 0 Å². The number of para-hydroxylation sites is 1. The van der Waals surface area contributed by atoms with Crippen molar-refractivity contribution in [2.75, 3.05) is 24.5 Å². The van der Waals surface area contributed by atoms with Crippen molar-refractivity contribution in [3.05, 3.63) is 54.6 Å². The Labute approximate surface area is 181 Å². The lowest BCUT2D eigenvalue weighted by molar-refractivity contribution is -0.136. The summed E-state index contributed by atoms with van der Waals surface area (Å²) in [6.07, 6.45) is 0. The molecule has 3 heterocycles. The molecule has 5 rings (SSSR count). The zero-order valence-electron chi connectivity index (χ0n) is 18.1. The molecule has 0 bridgehead atoms. The standard InChI is InChI=1S/C24H26N6O/c1-16(2)23(31)29-14-13-28(15-17(29)3)24-25-20-12-8-7-11-19(20)22-27-26-21(30(22)24)18-9-5-4-6-10-18/h4-12,16-17H,13-15H2,1-3H3/t17-/m0/s1. The molecule has 0 saturated carbocycles. The summed E-state index contributed by atoms with van der Waals surface area (Å²) in [5, 5.41) is 10.1. The van der Waals surface area contributed by atoms with Gasteiger partial charge in [-0.05, 0) is 19.1 Å². The number of carbonyl (C=O) groups is 1. The summed E-state index contributed by atoms with van der Waals surface area (Å²) in [7, 11) is 0. The Balaban J connectivity index is 1.64.